The molecule has 2 aromatic carbocycles. The van der Waals surface area contributed by atoms with Gasteiger partial charge in [0.05, 0.1) is 0 Å². The number of halogens is 1. The number of guanidine groups is 1. The highest BCUT2D eigenvalue weighted by atomic mass is 19.1. The minimum absolute atomic E-state index is 0.204. The van der Waals surface area contributed by atoms with Gasteiger partial charge in [-0.25, -0.2) is 4.39 Å². The van der Waals surface area contributed by atoms with Gasteiger partial charge in [-0.3, -0.25) is 4.99 Å². The van der Waals surface area contributed by atoms with E-state index < -0.39 is 0 Å². The molecule has 4 rings (SSSR count). The van der Waals surface area contributed by atoms with Crippen molar-refractivity contribution in [3.63, 3.8) is 0 Å². The lowest BCUT2D eigenvalue weighted by Gasteiger charge is -2.11. The van der Waals surface area contributed by atoms with Gasteiger partial charge in [-0.1, -0.05) is 30.3 Å². The number of hydrogen-bond acceptors (Lipinski definition) is 1. The number of benzene rings is 2. The maximum atomic E-state index is 13.5. The van der Waals surface area contributed by atoms with Crippen LogP contribution in [0.3, 0.4) is 0 Å². The fourth-order valence-electron chi connectivity index (χ4n) is 3.47. The predicted octanol–water partition coefficient (Wildman–Crippen LogP) is 3.57. The topological polar surface area (TPSA) is 52.2 Å². The molecular formula is C21H23FN4. The average molecular weight is 350 g/mol. The monoisotopic (exact) mass is 350 g/mol. The largest absolute Gasteiger partial charge is 0.361 e. The summed E-state index contributed by atoms with van der Waals surface area (Å²) in [7, 11) is 1.79. The molecule has 1 aliphatic carbocycles. The minimum Gasteiger partial charge on any atom is -0.361 e. The fourth-order valence-corrected chi connectivity index (χ4v) is 3.47. The van der Waals surface area contributed by atoms with Gasteiger partial charge in [-0.15, -0.1) is 0 Å². The fraction of sp³-hybridized carbons (Fsp3) is 0.286. The number of nitrogens with zero attached hydrogens (tertiary/aromatic N) is 1. The van der Waals surface area contributed by atoms with Crippen LogP contribution >= 0.6 is 0 Å². The molecule has 0 spiro atoms. The Bertz CT molecular complexity index is 916. The molecule has 3 N–H and O–H groups in total. The number of rotatable bonds is 5. The molecule has 5 heteroatoms. The maximum absolute atomic E-state index is 13.5. The highest BCUT2D eigenvalue weighted by Gasteiger charge is 2.38. The first kappa shape index (κ1) is 16.6. The number of fused-ring (bicyclic) bond motifs is 1. The number of H-pyrrole nitrogens is 1. The van der Waals surface area contributed by atoms with Gasteiger partial charge in [0.2, 0.25) is 0 Å². The summed E-state index contributed by atoms with van der Waals surface area (Å²) in [5.41, 5.74) is 3.45. The lowest BCUT2D eigenvalue weighted by molar-refractivity contribution is 0.629. The van der Waals surface area contributed by atoms with Crippen molar-refractivity contribution in [1.29, 1.82) is 0 Å². The van der Waals surface area contributed by atoms with Crippen LogP contribution in [0.1, 0.15) is 23.5 Å². The van der Waals surface area contributed by atoms with E-state index in [4.69, 9.17) is 0 Å². The third-order valence-corrected chi connectivity index (χ3v) is 4.98. The van der Waals surface area contributed by atoms with Gasteiger partial charge >= 0.3 is 0 Å². The van der Waals surface area contributed by atoms with Crippen molar-refractivity contribution in [2.75, 3.05) is 13.6 Å². The molecule has 1 aliphatic rings. The van der Waals surface area contributed by atoms with Crippen molar-refractivity contribution in [2.24, 2.45) is 4.99 Å². The molecule has 0 amide bonds. The average Bonchev–Trinajstić information content (AvgIpc) is 3.33. The zero-order chi connectivity index (χ0) is 17.9. The summed E-state index contributed by atoms with van der Waals surface area (Å²) in [6, 6.07) is 15.9. The van der Waals surface area contributed by atoms with Crippen molar-refractivity contribution in [3.05, 3.63) is 71.7 Å². The van der Waals surface area contributed by atoms with Crippen molar-refractivity contribution in [1.82, 2.24) is 15.6 Å². The van der Waals surface area contributed by atoms with E-state index in [9.17, 15) is 4.39 Å². The van der Waals surface area contributed by atoms with Gasteiger partial charge in [0.1, 0.15) is 5.82 Å². The van der Waals surface area contributed by atoms with Crippen LogP contribution < -0.4 is 10.6 Å². The summed E-state index contributed by atoms with van der Waals surface area (Å²) in [6.45, 7) is 0.742. The number of aromatic nitrogens is 1. The van der Waals surface area contributed by atoms with Crippen LogP contribution in [0.4, 0.5) is 4.39 Å². The van der Waals surface area contributed by atoms with Gasteiger partial charge in [0, 0.05) is 42.7 Å². The lowest BCUT2D eigenvalue weighted by atomic mass is 10.1. The molecule has 2 unspecified atom stereocenters. The van der Waals surface area contributed by atoms with E-state index >= 15 is 0 Å². The van der Waals surface area contributed by atoms with Gasteiger partial charge in [-0.05, 0) is 42.2 Å². The number of hydrogen-bond donors (Lipinski definition) is 3. The minimum atomic E-state index is -0.204. The van der Waals surface area contributed by atoms with E-state index in [1.54, 1.807) is 19.2 Å². The van der Waals surface area contributed by atoms with Crippen LogP contribution in [0.5, 0.6) is 0 Å². The van der Waals surface area contributed by atoms with Crippen LogP contribution in [-0.2, 0) is 6.42 Å². The second-order valence-corrected chi connectivity index (χ2v) is 6.76. The Morgan fingerprint density at radius 1 is 1.23 bits per heavy atom. The summed E-state index contributed by atoms with van der Waals surface area (Å²) in [5.74, 6) is 1.18. The second-order valence-electron chi connectivity index (χ2n) is 6.76. The van der Waals surface area contributed by atoms with Crippen LogP contribution in [0.25, 0.3) is 10.9 Å². The van der Waals surface area contributed by atoms with Gasteiger partial charge in [-0.2, -0.15) is 0 Å². The van der Waals surface area contributed by atoms with Crippen LogP contribution in [0.2, 0.25) is 0 Å². The Kier molecular flexibility index (Phi) is 4.61. The van der Waals surface area contributed by atoms with Crippen molar-refractivity contribution in [3.8, 4) is 0 Å². The third kappa shape index (κ3) is 3.57. The third-order valence-electron chi connectivity index (χ3n) is 4.98. The Balaban J connectivity index is 1.30. The molecular weight excluding hydrogens is 327 g/mol. The molecule has 26 heavy (non-hydrogen) atoms. The van der Waals surface area contributed by atoms with Crippen molar-refractivity contribution >= 4 is 16.9 Å². The summed E-state index contributed by atoms with van der Waals surface area (Å²) in [6.07, 6.45) is 3.89. The number of nitrogens with one attached hydrogen (secondary N) is 3. The molecule has 0 aliphatic heterocycles. The lowest BCUT2D eigenvalue weighted by Crippen LogP contribution is -2.39. The normalized spacial score (nSPS) is 19.5. The van der Waals surface area contributed by atoms with Gasteiger partial charge < -0.3 is 15.6 Å². The van der Waals surface area contributed by atoms with Crippen molar-refractivity contribution < 1.29 is 4.39 Å². The number of aliphatic imine (C=N–C) groups is 1. The standard InChI is InChI=1S/C21H23FN4/c1-23-21(26-20-12-18(20)14-5-3-2-4-6-14)24-10-9-15-13-25-19-8-7-16(22)11-17(15)19/h2-8,11,13,18,20,25H,9-10,12H2,1H3,(H2,23,24,26). The molecule has 1 aromatic heterocycles. The molecule has 1 fully saturated rings. The molecule has 3 aromatic rings. The molecule has 2 atom stereocenters. The zero-order valence-electron chi connectivity index (χ0n) is 14.8. The number of aromatic amines is 1. The molecule has 0 radical (unpaired) electrons. The van der Waals surface area contributed by atoms with Crippen LogP contribution in [0, 0.1) is 5.82 Å². The Labute approximate surface area is 152 Å². The van der Waals surface area contributed by atoms with E-state index in [-0.39, 0.29) is 5.82 Å². The summed E-state index contributed by atoms with van der Waals surface area (Å²) in [4.78, 5) is 7.51. The van der Waals surface area contributed by atoms with Crippen molar-refractivity contribution in [2.45, 2.75) is 24.8 Å². The first-order valence-corrected chi connectivity index (χ1v) is 9.02. The van der Waals surface area contributed by atoms with Gasteiger partial charge in [0.25, 0.3) is 0 Å². The highest BCUT2D eigenvalue weighted by molar-refractivity contribution is 5.83. The molecule has 0 saturated heterocycles. The maximum Gasteiger partial charge on any atom is 0.191 e. The quantitative estimate of drug-likeness (QED) is 0.487. The van der Waals surface area contributed by atoms with E-state index in [2.05, 4.69) is 44.9 Å². The van der Waals surface area contributed by atoms with Gasteiger partial charge in [0.15, 0.2) is 5.96 Å². The smallest absolute Gasteiger partial charge is 0.191 e. The predicted molar refractivity (Wildman–Crippen MR) is 104 cm³/mol. The summed E-state index contributed by atoms with van der Waals surface area (Å²) >= 11 is 0. The van der Waals surface area contributed by atoms with E-state index in [0.29, 0.717) is 12.0 Å². The van der Waals surface area contributed by atoms with E-state index in [0.717, 1.165) is 41.8 Å². The summed E-state index contributed by atoms with van der Waals surface area (Å²) in [5, 5.41) is 7.79. The molecule has 0 bridgehead atoms. The molecule has 1 heterocycles. The van der Waals surface area contributed by atoms with Crippen LogP contribution in [-0.4, -0.2) is 30.6 Å². The first-order valence-electron chi connectivity index (χ1n) is 9.02. The van der Waals surface area contributed by atoms with E-state index in [1.165, 1.54) is 11.6 Å². The SMILES string of the molecule is CN=C(NCCc1c[nH]c2ccc(F)cc12)NC1CC1c1ccccc1. The van der Waals surface area contributed by atoms with Crippen LogP contribution in [0.15, 0.2) is 59.7 Å². The Morgan fingerprint density at radius 3 is 2.88 bits per heavy atom. The zero-order valence-corrected chi connectivity index (χ0v) is 14.8. The Morgan fingerprint density at radius 2 is 2.08 bits per heavy atom. The summed E-state index contributed by atoms with van der Waals surface area (Å²) < 4.78 is 13.5. The molecule has 1 saturated carbocycles. The van der Waals surface area contributed by atoms with E-state index in [1.807, 2.05) is 12.3 Å². The molecule has 134 valence electrons. The second kappa shape index (κ2) is 7.20. The Hall–Kier alpha value is -2.82. The molecule has 4 nitrogen and oxygen atoms in total. The highest BCUT2D eigenvalue weighted by Crippen LogP contribution is 2.40. The first-order chi connectivity index (χ1) is 12.7.